The fourth-order valence-corrected chi connectivity index (χ4v) is 3.39. The van der Waals surface area contributed by atoms with Crippen molar-refractivity contribution in [3.8, 4) is 0 Å². The summed E-state index contributed by atoms with van der Waals surface area (Å²) < 4.78 is 38.1. The van der Waals surface area contributed by atoms with Gasteiger partial charge in [-0.25, -0.2) is 12.8 Å². The maximum absolute atomic E-state index is 13.0. The molecule has 0 atom stereocenters. The van der Waals surface area contributed by atoms with Crippen LogP contribution >= 0.6 is 0 Å². The lowest BCUT2D eigenvalue weighted by Gasteiger charge is -2.22. The number of hydrogen-bond acceptors (Lipinski definition) is 3. The minimum absolute atomic E-state index is 0.0114. The van der Waals surface area contributed by atoms with E-state index in [9.17, 15) is 17.6 Å². The van der Waals surface area contributed by atoms with Crippen LogP contribution in [0.15, 0.2) is 48.5 Å². The Morgan fingerprint density at radius 3 is 2.36 bits per heavy atom. The first-order valence-electron chi connectivity index (χ1n) is 7.92. The molecule has 2 aromatic rings. The van der Waals surface area contributed by atoms with E-state index in [4.69, 9.17) is 0 Å². The van der Waals surface area contributed by atoms with Crippen molar-refractivity contribution in [3.63, 3.8) is 0 Å². The zero-order valence-corrected chi connectivity index (χ0v) is 15.0. The van der Waals surface area contributed by atoms with Crippen molar-refractivity contribution in [3.05, 3.63) is 59.9 Å². The van der Waals surface area contributed by atoms with Gasteiger partial charge in [-0.05, 0) is 42.3 Å². The maximum Gasteiger partial charge on any atom is 0.232 e. The third-order valence-electron chi connectivity index (χ3n) is 3.73. The summed E-state index contributed by atoms with van der Waals surface area (Å²) in [4.78, 5) is 12.2. The van der Waals surface area contributed by atoms with Gasteiger partial charge in [0.25, 0.3) is 0 Å². The Bertz CT molecular complexity index is 836. The van der Waals surface area contributed by atoms with E-state index in [1.165, 1.54) is 24.3 Å². The number of sulfonamides is 1. The molecule has 0 saturated heterocycles. The Hall–Kier alpha value is -2.41. The molecule has 0 unspecified atom stereocenters. The van der Waals surface area contributed by atoms with Crippen molar-refractivity contribution < 1.29 is 17.6 Å². The highest BCUT2D eigenvalue weighted by molar-refractivity contribution is 7.92. The molecule has 0 aliphatic heterocycles. The van der Waals surface area contributed by atoms with Crippen molar-refractivity contribution in [2.45, 2.75) is 19.8 Å². The van der Waals surface area contributed by atoms with Crippen molar-refractivity contribution in [2.24, 2.45) is 0 Å². The third kappa shape index (κ3) is 5.29. The van der Waals surface area contributed by atoms with Crippen LogP contribution in [-0.2, 0) is 21.2 Å². The van der Waals surface area contributed by atoms with Gasteiger partial charge in [-0.15, -0.1) is 0 Å². The topological polar surface area (TPSA) is 66.5 Å². The average Bonchev–Trinajstić information content (AvgIpc) is 2.56. The van der Waals surface area contributed by atoms with Crippen LogP contribution in [-0.4, -0.2) is 27.1 Å². The van der Waals surface area contributed by atoms with E-state index in [0.29, 0.717) is 5.69 Å². The first kappa shape index (κ1) is 18.9. The van der Waals surface area contributed by atoms with Gasteiger partial charge in [0, 0.05) is 18.7 Å². The van der Waals surface area contributed by atoms with E-state index in [2.05, 4.69) is 5.32 Å². The van der Waals surface area contributed by atoms with E-state index < -0.39 is 15.8 Å². The lowest BCUT2D eigenvalue weighted by Crippen LogP contribution is -2.33. The maximum atomic E-state index is 13.0. The molecule has 25 heavy (non-hydrogen) atoms. The van der Waals surface area contributed by atoms with Gasteiger partial charge in [-0.1, -0.05) is 25.1 Å². The predicted octanol–water partition coefficient (Wildman–Crippen LogP) is 3.18. The van der Waals surface area contributed by atoms with Gasteiger partial charge in [0.1, 0.15) is 5.82 Å². The Kier molecular flexibility index (Phi) is 6.14. The molecule has 7 heteroatoms. The number of para-hydroxylation sites is 1. The Labute approximate surface area is 147 Å². The van der Waals surface area contributed by atoms with E-state index in [1.54, 1.807) is 0 Å². The zero-order chi connectivity index (χ0) is 18.4. The van der Waals surface area contributed by atoms with Gasteiger partial charge in [-0.3, -0.25) is 9.10 Å². The molecule has 2 aromatic carbocycles. The second-order valence-corrected chi connectivity index (χ2v) is 7.53. The summed E-state index contributed by atoms with van der Waals surface area (Å²) in [5.74, 6) is -0.734. The van der Waals surface area contributed by atoms with Gasteiger partial charge in [0.05, 0.1) is 11.9 Å². The Morgan fingerprint density at radius 1 is 1.12 bits per heavy atom. The van der Waals surface area contributed by atoms with E-state index in [0.717, 1.165) is 28.2 Å². The molecule has 0 aliphatic rings. The summed E-state index contributed by atoms with van der Waals surface area (Å²) in [5.41, 5.74) is 2.06. The monoisotopic (exact) mass is 364 g/mol. The predicted molar refractivity (Wildman–Crippen MR) is 97.7 cm³/mol. The minimum Gasteiger partial charge on any atom is -0.326 e. The molecule has 2 rings (SSSR count). The number of carbonyl (C=O) groups is 1. The Morgan fingerprint density at radius 2 is 1.76 bits per heavy atom. The molecular weight excluding hydrogens is 343 g/mol. The number of amides is 1. The highest BCUT2D eigenvalue weighted by atomic mass is 32.2. The molecule has 134 valence electrons. The highest BCUT2D eigenvalue weighted by Crippen LogP contribution is 2.19. The number of halogens is 1. The van der Waals surface area contributed by atoms with Crippen LogP contribution in [0.2, 0.25) is 0 Å². The second-order valence-electron chi connectivity index (χ2n) is 5.62. The summed E-state index contributed by atoms with van der Waals surface area (Å²) in [7, 11) is -3.58. The smallest absolute Gasteiger partial charge is 0.232 e. The quantitative estimate of drug-likeness (QED) is 0.820. The number of hydrogen-bond donors (Lipinski definition) is 1. The fraction of sp³-hybridized carbons (Fsp3) is 0.278. The van der Waals surface area contributed by atoms with Gasteiger partial charge in [0.2, 0.25) is 15.9 Å². The van der Waals surface area contributed by atoms with Crippen molar-refractivity contribution in [2.75, 3.05) is 22.4 Å². The molecule has 5 nitrogen and oxygen atoms in total. The van der Waals surface area contributed by atoms with Crippen molar-refractivity contribution in [1.29, 1.82) is 0 Å². The summed E-state index contributed by atoms with van der Waals surface area (Å²) in [6.45, 7) is 1.97. The van der Waals surface area contributed by atoms with Gasteiger partial charge in [-0.2, -0.15) is 0 Å². The SMILES string of the molecule is CCc1ccccc1NC(=O)CCN(c1ccc(F)cc1)S(C)(=O)=O. The molecule has 0 spiro atoms. The Balaban J connectivity index is 2.08. The van der Waals surface area contributed by atoms with Gasteiger partial charge in [0.15, 0.2) is 0 Å². The molecule has 0 saturated carbocycles. The second kappa shape index (κ2) is 8.11. The van der Waals surface area contributed by atoms with Gasteiger partial charge < -0.3 is 5.32 Å². The summed E-state index contributed by atoms with van der Waals surface area (Å²) in [5, 5.41) is 2.81. The zero-order valence-electron chi connectivity index (χ0n) is 14.2. The average molecular weight is 364 g/mol. The molecule has 1 amide bonds. The number of nitrogens with zero attached hydrogens (tertiary/aromatic N) is 1. The van der Waals surface area contributed by atoms with E-state index in [-0.39, 0.29) is 18.9 Å². The molecule has 0 radical (unpaired) electrons. The lowest BCUT2D eigenvalue weighted by molar-refractivity contribution is -0.116. The normalized spacial score (nSPS) is 11.2. The van der Waals surface area contributed by atoms with Crippen LogP contribution in [0.25, 0.3) is 0 Å². The summed E-state index contributed by atoms with van der Waals surface area (Å²) in [6.07, 6.45) is 1.82. The highest BCUT2D eigenvalue weighted by Gasteiger charge is 2.19. The molecule has 0 bridgehead atoms. The van der Waals surface area contributed by atoms with Gasteiger partial charge >= 0.3 is 0 Å². The standard InChI is InChI=1S/C18H21FN2O3S/c1-3-14-6-4-5-7-17(14)20-18(22)12-13-21(25(2,23)24)16-10-8-15(19)9-11-16/h4-11H,3,12-13H2,1-2H3,(H,20,22). The molecular formula is C18H21FN2O3S. The fourth-order valence-electron chi connectivity index (χ4n) is 2.46. The van der Waals surface area contributed by atoms with Crippen LogP contribution < -0.4 is 9.62 Å². The number of benzene rings is 2. The first-order valence-corrected chi connectivity index (χ1v) is 9.77. The van der Waals surface area contributed by atoms with Crippen molar-refractivity contribution in [1.82, 2.24) is 0 Å². The molecule has 0 heterocycles. The van der Waals surface area contributed by atoms with Crippen molar-refractivity contribution >= 4 is 27.3 Å². The largest absolute Gasteiger partial charge is 0.326 e. The van der Waals surface area contributed by atoms with Crippen LogP contribution in [0.3, 0.4) is 0 Å². The summed E-state index contributed by atoms with van der Waals surface area (Å²) >= 11 is 0. The number of rotatable bonds is 7. The first-order chi connectivity index (χ1) is 11.8. The van der Waals surface area contributed by atoms with Crippen LogP contribution in [0, 0.1) is 5.82 Å². The van der Waals surface area contributed by atoms with Crippen LogP contribution in [0.1, 0.15) is 18.9 Å². The van der Waals surface area contributed by atoms with Crippen LogP contribution in [0.5, 0.6) is 0 Å². The minimum atomic E-state index is -3.58. The number of aryl methyl sites for hydroxylation is 1. The lowest BCUT2D eigenvalue weighted by atomic mass is 10.1. The third-order valence-corrected chi connectivity index (χ3v) is 4.92. The summed E-state index contributed by atoms with van der Waals surface area (Å²) in [6, 6.07) is 12.6. The molecule has 0 fully saturated rings. The molecule has 1 N–H and O–H groups in total. The van der Waals surface area contributed by atoms with E-state index in [1.807, 2.05) is 31.2 Å². The van der Waals surface area contributed by atoms with Crippen LogP contribution in [0.4, 0.5) is 15.8 Å². The van der Waals surface area contributed by atoms with E-state index >= 15 is 0 Å². The molecule has 0 aliphatic carbocycles. The number of anilines is 2. The number of carbonyl (C=O) groups excluding carboxylic acids is 1. The number of nitrogens with one attached hydrogen (secondary N) is 1. The molecule has 0 aromatic heterocycles.